The molecule has 1 aromatic rings. The molecular weight excluding hydrogens is 378 g/mol. The van der Waals surface area contributed by atoms with Crippen LogP contribution in [0.5, 0.6) is 0 Å². The van der Waals surface area contributed by atoms with E-state index in [1.165, 1.54) is 30.6 Å². The molecule has 1 aromatic heterocycles. The number of thioether (sulfide) groups is 1. The van der Waals surface area contributed by atoms with E-state index in [4.69, 9.17) is 0 Å². The van der Waals surface area contributed by atoms with Crippen molar-refractivity contribution in [2.75, 3.05) is 5.75 Å². The lowest BCUT2D eigenvalue weighted by Crippen LogP contribution is -2.36. The summed E-state index contributed by atoms with van der Waals surface area (Å²) in [5, 5.41) is 11.9. The van der Waals surface area contributed by atoms with E-state index in [0.717, 1.165) is 25.0 Å². The second-order valence-electron chi connectivity index (χ2n) is 7.97. The SMILES string of the molecule is O=C(CCCC[C@@H]1SC[C@@H]2NC(=O)N[C@@H]21)N[C@H](c1cccs1)C1CCCC1. The largest absolute Gasteiger partial charge is 0.348 e. The van der Waals surface area contributed by atoms with Crippen molar-refractivity contribution >= 4 is 35.0 Å². The minimum Gasteiger partial charge on any atom is -0.348 e. The third kappa shape index (κ3) is 4.62. The van der Waals surface area contributed by atoms with Gasteiger partial charge >= 0.3 is 6.03 Å². The Labute approximate surface area is 169 Å². The maximum absolute atomic E-state index is 12.5. The summed E-state index contributed by atoms with van der Waals surface area (Å²) in [7, 11) is 0. The first-order valence-electron chi connectivity index (χ1n) is 10.2. The Balaban J connectivity index is 1.20. The summed E-state index contributed by atoms with van der Waals surface area (Å²) in [5.74, 6) is 1.78. The topological polar surface area (TPSA) is 70.2 Å². The fourth-order valence-electron chi connectivity index (χ4n) is 4.70. The zero-order chi connectivity index (χ0) is 18.6. The van der Waals surface area contributed by atoms with Gasteiger partial charge in [-0.25, -0.2) is 4.79 Å². The number of thiophene rings is 1. The number of amides is 3. The van der Waals surface area contributed by atoms with Gasteiger partial charge in [0.15, 0.2) is 0 Å². The third-order valence-electron chi connectivity index (χ3n) is 6.12. The highest BCUT2D eigenvalue weighted by molar-refractivity contribution is 8.00. The molecule has 3 N–H and O–H groups in total. The van der Waals surface area contributed by atoms with E-state index in [0.29, 0.717) is 17.6 Å². The summed E-state index contributed by atoms with van der Waals surface area (Å²) < 4.78 is 0. The average Bonchev–Trinajstić information content (AvgIpc) is 3.42. The molecule has 1 saturated carbocycles. The highest BCUT2D eigenvalue weighted by Crippen LogP contribution is 2.37. The molecule has 7 heteroatoms. The van der Waals surface area contributed by atoms with Gasteiger partial charge in [-0.3, -0.25) is 4.79 Å². The smallest absolute Gasteiger partial charge is 0.315 e. The number of carbonyl (C=O) groups is 2. The van der Waals surface area contributed by atoms with Crippen LogP contribution in [0.25, 0.3) is 0 Å². The minimum atomic E-state index is -0.0267. The third-order valence-corrected chi connectivity index (χ3v) is 8.58. The first kappa shape index (κ1) is 19.1. The molecule has 0 bridgehead atoms. The lowest BCUT2D eigenvalue weighted by Gasteiger charge is -2.24. The highest BCUT2D eigenvalue weighted by atomic mass is 32.2. The quantitative estimate of drug-likeness (QED) is 0.453. The molecule has 27 heavy (non-hydrogen) atoms. The van der Waals surface area contributed by atoms with Crippen molar-refractivity contribution in [1.29, 1.82) is 0 Å². The fraction of sp³-hybridized carbons (Fsp3) is 0.700. The normalized spacial score (nSPS) is 28.6. The van der Waals surface area contributed by atoms with Crippen LogP contribution in [0.4, 0.5) is 4.79 Å². The molecule has 4 atom stereocenters. The second kappa shape index (κ2) is 8.86. The van der Waals surface area contributed by atoms with E-state index in [9.17, 15) is 9.59 Å². The lowest BCUT2D eigenvalue weighted by molar-refractivity contribution is -0.122. The number of rotatable bonds is 8. The second-order valence-corrected chi connectivity index (χ2v) is 10.2. The number of unbranched alkanes of at least 4 members (excludes halogenated alkanes) is 1. The monoisotopic (exact) mass is 407 g/mol. The van der Waals surface area contributed by atoms with Crippen LogP contribution in [0.15, 0.2) is 17.5 Å². The molecule has 0 radical (unpaired) electrons. The summed E-state index contributed by atoms with van der Waals surface area (Å²) in [6, 6.07) is 4.96. The van der Waals surface area contributed by atoms with Crippen LogP contribution in [0, 0.1) is 5.92 Å². The van der Waals surface area contributed by atoms with Crippen molar-refractivity contribution in [3.63, 3.8) is 0 Å². The summed E-state index contributed by atoms with van der Waals surface area (Å²) in [6.45, 7) is 0. The number of hydrogen-bond acceptors (Lipinski definition) is 4. The van der Waals surface area contributed by atoms with Gasteiger partial charge in [-0.05, 0) is 43.0 Å². The molecule has 148 valence electrons. The molecule has 1 aliphatic carbocycles. The Bertz CT molecular complexity index is 646. The Hall–Kier alpha value is -1.21. The Kier molecular flexibility index (Phi) is 6.28. The summed E-state index contributed by atoms with van der Waals surface area (Å²) >= 11 is 3.70. The van der Waals surface area contributed by atoms with Gasteiger partial charge in [0.1, 0.15) is 0 Å². The Morgan fingerprint density at radius 3 is 2.89 bits per heavy atom. The van der Waals surface area contributed by atoms with Crippen molar-refractivity contribution in [1.82, 2.24) is 16.0 Å². The van der Waals surface area contributed by atoms with Gasteiger partial charge < -0.3 is 16.0 Å². The van der Waals surface area contributed by atoms with Crippen molar-refractivity contribution in [2.24, 2.45) is 5.92 Å². The molecule has 3 fully saturated rings. The molecule has 5 nitrogen and oxygen atoms in total. The zero-order valence-corrected chi connectivity index (χ0v) is 17.2. The lowest BCUT2D eigenvalue weighted by atomic mass is 9.96. The molecular formula is C20H29N3O2S2. The van der Waals surface area contributed by atoms with E-state index in [2.05, 4.69) is 33.5 Å². The maximum atomic E-state index is 12.5. The van der Waals surface area contributed by atoms with Gasteiger partial charge in [0, 0.05) is 22.3 Å². The molecule has 3 amide bonds. The van der Waals surface area contributed by atoms with Crippen LogP contribution in [0.2, 0.25) is 0 Å². The van der Waals surface area contributed by atoms with Crippen molar-refractivity contribution in [2.45, 2.75) is 74.7 Å². The van der Waals surface area contributed by atoms with Gasteiger partial charge in [0.05, 0.1) is 18.1 Å². The molecule has 0 unspecified atom stereocenters. The summed E-state index contributed by atoms with van der Waals surface area (Å²) in [4.78, 5) is 25.3. The number of fused-ring (bicyclic) bond motifs is 1. The van der Waals surface area contributed by atoms with E-state index >= 15 is 0 Å². The molecule has 2 saturated heterocycles. The van der Waals surface area contributed by atoms with Crippen LogP contribution >= 0.6 is 23.1 Å². The molecule has 3 aliphatic rings. The molecule has 0 spiro atoms. The van der Waals surface area contributed by atoms with E-state index in [1.54, 1.807) is 11.3 Å². The first-order valence-corrected chi connectivity index (χ1v) is 12.1. The van der Waals surface area contributed by atoms with Gasteiger partial charge in [-0.15, -0.1) is 11.3 Å². The standard InChI is InChI=1S/C20H29N3O2S2/c24-17(22-18(13-6-1-2-7-13)15-9-5-11-26-15)10-4-3-8-16-19-14(12-27-16)21-20(25)23-19/h5,9,11,13-14,16,18-19H,1-4,6-8,10,12H2,(H,22,24)(H2,21,23,25)/t14-,16-,18-,19-/m0/s1. The minimum absolute atomic E-state index is 0.0267. The molecule has 2 aliphatic heterocycles. The van der Waals surface area contributed by atoms with Gasteiger partial charge in [0.25, 0.3) is 0 Å². The Morgan fingerprint density at radius 1 is 1.26 bits per heavy atom. The van der Waals surface area contributed by atoms with Crippen LogP contribution in [-0.2, 0) is 4.79 Å². The van der Waals surface area contributed by atoms with Crippen LogP contribution in [0.3, 0.4) is 0 Å². The fourth-order valence-corrected chi connectivity index (χ4v) is 7.11. The molecule has 4 rings (SSSR count). The molecule has 3 heterocycles. The Morgan fingerprint density at radius 2 is 2.11 bits per heavy atom. The number of hydrogen-bond donors (Lipinski definition) is 3. The number of carbonyl (C=O) groups excluding carboxylic acids is 2. The van der Waals surface area contributed by atoms with Crippen LogP contribution < -0.4 is 16.0 Å². The average molecular weight is 408 g/mol. The first-order chi connectivity index (χ1) is 13.2. The van der Waals surface area contributed by atoms with Crippen molar-refractivity contribution in [3.05, 3.63) is 22.4 Å². The van der Waals surface area contributed by atoms with Crippen molar-refractivity contribution in [3.8, 4) is 0 Å². The van der Waals surface area contributed by atoms with E-state index < -0.39 is 0 Å². The predicted molar refractivity (Wildman–Crippen MR) is 111 cm³/mol. The highest BCUT2D eigenvalue weighted by Gasteiger charge is 2.42. The zero-order valence-electron chi connectivity index (χ0n) is 15.6. The molecule has 0 aromatic carbocycles. The maximum Gasteiger partial charge on any atom is 0.315 e. The van der Waals surface area contributed by atoms with Gasteiger partial charge in [0.2, 0.25) is 5.91 Å². The van der Waals surface area contributed by atoms with Gasteiger partial charge in [-0.1, -0.05) is 25.3 Å². The summed E-state index contributed by atoms with van der Waals surface area (Å²) in [6.07, 6.45) is 8.65. The predicted octanol–water partition coefficient (Wildman–Crippen LogP) is 3.82. The van der Waals surface area contributed by atoms with Crippen LogP contribution in [0.1, 0.15) is 62.3 Å². The van der Waals surface area contributed by atoms with Crippen molar-refractivity contribution < 1.29 is 9.59 Å². The van der Waals surface area contributed by atoms with Crippen LogP contribution in [-0.4, -0.2) is 35.0 Å². The summed E-state index contributed by atoms with van der Waals surface area (Å²) in [5.41, 5.74) is 0. The number of nitrogens with one attached hydrogen (secondary N) is 3. The van der Waals surface area contributed by atoms with E-state index in [1.807, 2.05) is 11.8 Å². The number of urea groups is 1. The van der Waals surface area contributed by atoms with E-state index in [-0.39, 0.29) is 30.1 Å². The van der Waals surface area contributed by atoms with Gasteiger partial charge in [-0.2, -0.15) is 11.8 Å².